The van der Waals surface area contributed by atoms with Crippen molar-refractivity contribution in [3.63, 3.8) is 0 Å². The molecule has 4 N–H and O–H groups in total. The quantitative estimate of drug-likeness (QED) is 0.313. The van der Waals surface area contributed by atoms with E-state index in [0.717, 1.165) is 5.01 Å². The first-order chi connectivity index (χ1) is 4.09. The number of nitrogens with zero attached hydrogens (tertiary/aromatic N) is 1. The van der Waals surface area contributed by atoms with Crippen LogP contribution in [0.15, 0.2) is 0 Å². The summed E-state index contributed by atoms with van der Waals surface area (Å²) in [5, 5.41) is 1.18. The van der Waals surface area contributed by atoms with Crippen molar-refractivity contribution in [1.82, 2.24) is 5.01 Å². The monoisotopic (exact) mass is 181 g/mol. The van der Waals surface area contributed by atoms with Crippen LogP contribution in [-0.4, -0.2) is 20.7 Å². The van der Waals surface area contributed by atoms with Crippen molar-refractivity contribution in [2.45, 2.75) is 0 Å². The van der Waals surface area contributed by atoms with Crippen LogP contribution in [0.5, 0.6) is 0 Å². The Balaban J connectivity index is 3.88. The summed E-state index contributed by atoms with van der Waals surface area (Å²) in [4.78, 5) is 0. The number of hydrogen-bond acceptors (Lipinski definition) is 4. The zero-order valence-corrected chi connectivity index (χ0v) is 7.28. The summed E-state index contributed by atoms with van der Waals surface area (Å²) in [5.41, 5.74) is 5.14. The summed E-state index contributed by atoms with van der Waals surface area (Å²) < 4.78 is 0.475. The molecule has 0 atom stereocenters. The van der Waals surface area contributed by atoms with Gasteiger partial charge in [-0.25, -0.2) is 10.9 Å². The van der Waals surface area contributed by atoms with E-state index in [1.807, 2.05) is 0 Å². The molecule has 0 aliphatic carbocycles. The number of nitrogens with two attached hydrogens (primary N) is 2. The second-order valence-electron chi connectivity index (χ2n) is 1.18. The molecule has 0 aliphatic heterocycles. The average molecular weight is 181 g/mol. The topological polar surface area (TPSA) is 55.3 Å². The second-order valence-corrected chi connectivity index (χ2v) is 3.04. The molecule has 0 saturated heterocycles. The van der Waals surface area contributed by atoms with Gasteiger partial charge in [0.1, 0.15) is 0 Å². The fourth-order valence-corrected chi connectivity index (χ4v) is 0.789. The molecule has 0 amide bonds. The molecule has 0 heterocycles. The van der Waals surface area contributed by atoms with Gasteiger partial charge < -0.3 is 5.73 Å². The van der Waals surface area contributed by atoms with Gasteiger partial charge in [-0.15, -0.1) is 0 Å². The largest absolute Gasteiger partial charge is 0.375 e. The molecule has 0 saturated carbocycles. The molecule has 0 aliphatic rings. The predicted molar refractivity (Wildman–Crippen MR) is 48.9 cm³/mol. The maximum atomic E-state index is 5.28. The number of rotatable bonds is 0. The van der Waals surface area contributed by atoms with Gasteiger partial charge >= 0.3 is 0 Å². The Morgan fingerprint density at radius 2 is 2.00 bits per heavy atom. The molecule has 0 radical (unpaired) electrons. The molecule has 0 unspecified atom stereocenters. The number of thioether (sulfide) groups is 1. The first-order valence-electron chi connectivity index (χ1n) is 2.01. The van der Waals surface area contributed by atoms with Gasteiger partial charge in [-0.05, 0) is 18.5 Å². The molecule has 52 valence electrons. The normalized spacial score (nSPS) is 8.67. The molecule has 6 heteroatoms. The molecule has 0 bridgehead atoms. The van der Waals surface area contributed by atoms with Gasteiger partial charge in [-0.2, -0.15) is 0 Å². The number of thiocarbonyl (C=S) groups is 2. The molecule has 0 aromatic carbocycles. The van der Waals surface area contributed by atoms with Crippen molar-refractivity contribution in [3.05, 3.63) is 0 Å². The SMILES string of the molecule is CSC(=S)N(N)C(N)=S. The van der Waals surface area contributed by atoms with E-state index >= 15 is 0 Å². The van der Waals surface area contributed by atoms with Crippen molar-refractivity contribution >= 4 is 45.6 Å². The minimum Gasteiger partial charge on any atom is -0.375 e. The summed E-state index contributed by atoms with van der Waals surface area (Å²) in [6, 6.07) is 0. The smallest absolute Gasteiger partial charge is 0.186 e. The standard InChI is InChI=1S/C3H7N3S3/c1-9-3(8)6(5)2(4)7/h5H2,1H3,(H2,4,7). The van der Waals surface area contributed by atoms with Crippen LogP contribution < -0.4 is 11.6 Å². The third-order valence-corrected chi connectivity index (χ3v) is 2.05. The van der Waals surface area contributed by atoms with Crippen LogP contribution in [0.25, 0.3) is 0 Å². The first-order valence-corrected chi connectivity index (χ1v) is 4.06. The Kier molecular flexibility index (Phi) is 4.03. The number of hydrazine groups is 1. The molecule has 0 fully saturated rings. The highest BCUT2D eigenvalue weighted by molar-refractivity contribution is 8.22. The van der Waals surface area contributed by atoms with Crippen molar-refractivity contribution < 1.29 is 0 Å². The highest BCUT2D eigenvalue weighted by atomic mass is 32.2. The van der Waals surface area contributed by atoms with Crippen molar-refractivity contribution in [1.29, 1.82) is 0 Å². The van der Waals surface area contributed by atoms with Crippen LogP contribution in [0.1, 0.15) is 0 Å². The van der Waals surface area contributed by atoms with Crippen molar-refractivity contribution in [3.8, 4) is 0 Å². The van der Waals surface area contributed by atoms with E-state index in [9.17, 15) is 0 Å². The Bertz CT molecular complexity index is 134. The summed E-state index contributed by atoms with van der Waals surface area (Å²) in [7, 11) is 0. The van der Waals surface area contributed by atoms with Gasteiger partial charge in [0.2, 0.25) is 0 Å². The third kappa shape index (κ3) is 2.95. The fourth-order valence-electron chi connectivity index (χ4n) is 0.188. The second kappa shape index (κ2) is 3.99. The molecular formula is C3H7N3S3. The number of hydrogen-bond donors (Lipinski definition) is 2. The highest BCUT2D eigenvalue weighted by Crippen LogP contribution is 1.99. The maximum absolute atomic E-state index is 5.28. The third-order valence-electron chi connectivity index (χ3n) is 0.609. The molecule has 3 nitrogen and oxygen atoms in total. The summed E-state index contributed by atoms with van der Waals surface area (Å²) in [6.07, 6.45) is 1.81. The lowest BCUT2D eigenvalue weighted by Crippen LogP contribution is -2.43. The molecular weight excluding hydrogens is 174 g/mol. The molecule has 0 aromatic rings. The van der Waals surface area contributed by atoms with Gasteiger partial charge in [0.25, 0.3) is 0 Å². The average Bonchev–Trinajstić information content (AvgIpc) is 1.84. The Morgan fingerprint density at radius 3 is 2.11 bits per heavy atom. The van der Waals surface area contributed by atoms with E-state index in [1.165, 1.54) is 11.8 Å². The zero-order chi connectivity index (χ0) is 7.44. The predicted octanol–water partition coefficient (Wildman–Crippen LogP) is 0.0536. The van der Waals surface area contributed by atoms with Gasteiger partial charge in [0.15, 0.2) is 9.43 Å². The molecule has 9 heavy (non-hydrogen) atoms. The van der Waals surface area contributed by atoms with Crippen LogP contribution in [0.3, 0.4) is 0 Å². The highest BCUT2D eigenvalue weighted by Gasteiger charge is 2.03. The van der Waals surface area contributed by atoms with E-state index in [-0.39, 0.29) is 5.11 Å². The summed E-state index contributed by atoms with van der Waals surface area (Å²) >= 11 is 10.6. The van der Waals surface area contributed by atoms with E-state index in [4.69, 9.17) is 23.8 Å². The fraction of sp³-hybridized carbons (Fsp3) is 0.333. The van der Waals surface area contributed by atoms with Crippen LogP contribution >= 0.6 is 36.2 Å². The lowest BCUT2D eigenvalue weighted by Gasteiger charge is -2.13. The molecule has 0 spiro atoms. The van der Waals surface area contributed by atoms with E-state index in [1.54, 1.807) is 6.26 Å². The first kappa shape index (κ1) is 9.09. The van der Waals surface area contributed by atoms with Crippen molar-refractivity contribution in [2.75, 3.05) is 6.26 Å². The van der Waals surface area contributed by atoms with Gasteiger partial charge in [0, 0.05) is 0 Å². The molecule has 0 aromatic heterocycles. The van der Waals surface area contributed by atoms with Crippen LogP contribution in [0, 0.1) is 0 Å². The van der Waals surface area contributed by atoms with E-state index in [2.05, 4.69) is 12.2 Å². The van der Waals surface area contributed by atoms with E-state index in [0.29, 0.717) is 4.32 Å². The Morgan fingerprint density at radius 1 is 1.56 bits per heavy atom. The van der Waals surface area contributed by atoms with Crippen LogP contribution in [0.4, 0.5) is 0 Å². The lowest BCUT2D eigenvalue weighted by atomic mass is 11.0. The van der Waals surface area contributed by atoms with Gasteiger partial charge in [0.05, 0.1) is 0 Å². The van der Waals surface area contributed by atoms with Crippen LogP contribution in [-0.2, 0) is 0 Å². The lowest BCUT2D eigenvalue weighted by molar-refractivity contribution is 0.685. The van der Waals surface area contributed by atoms with Crippen LogP contribution in [0.2, 0.25) is 0 Å². The summed E-state index contributed by atoms with van der Waals surface area (Å²) in [6.45, 7) is 0. The summed E-state index contributed by atoms with van der Waals surface area (Å²) in [5.74, 6) is 5.28. The minimum atomic E-state index is 0.0920. The maximum Gasteiger partial charge on any atom is 0.186 e. The zero-order valence-electron chi connectivity index (χ0n) is 4.83. The molecule has 0 rings (SSSR count). The van der Waals surface area contributed by atoms with Gasteiger partial charge in [-0.1, -0.05) is 24.0 Å². The van der Waals surface area contributed by atoms with E-state index < -0.39 is 0 Å². The van der Waals surface area contributed by atoms with Crippen molar-refractivity contribution in [2.24, 2.45) is 11.6 Å². The van der Waals surface area contributed by atoms with Gasteiger partial charge in [-0.3, -0.25) is 0 Å². The minimum absolute atomic E-state index is 0.0920. The Labute approximate surface area is 68.7 Å². The Hall–Kier alpha value is 0.0900.